The Kier molecular flexibility index (Phi) is 5.25. The monoisotopic (exact) mass is 296 g/mol. The van der Waals surface area contributed by atoms with Crippen molar-refractivity contribution in [3.63, 3.8) is 0 Å². The minimum atomic E-state index is -1.10. The Labute approximate surface area is 121 Å². The van der Waals surface area contributed by atoms with Crippen LogP contribution >= 0.6 is 0 Å². The Balaban J connectivity index is 2.07. The van der Waals surface area contributed by atoms with Crippen molar-refractivity contribution in [3.05, 3.63) is 34.4 Å². The van der Waals surface area contributed by atoms with Gasteiger partial charge in [0.25, 0.3) is 5.69 Å². The molecule has 2 rings (SSSR count). The molecule has 1 aliphatic rings. The highest BCUT2D eigenvalue weighted by atomic mass is 32.2. The summed E-state index contributed by atoms with van der Waals surface area (Å²) in [6, 6.07) is 6.38. The van der Waals surface area contributed by atoms with E-state index in [0.29, 0.717) is 10.9 Å². The van der Waals surface area contributed by atoms with E-state index in [0.717, 1.165) is 32.2 Å². The Morgan fingerprint density at radius 2 is 2.05 bits per heavy atom. The van der Waals surface area contributed by atoms with Gasteiger partial charge in [0.2, 0.25) is 0 Å². The molecule has 20 heavy (non-hydrogen) atoms. The maximum atomic E-state index is 12.6. The van der Waals surface area contributed by atoms with Crippen LogP contribution in [-0.2, 0) is 10.8 Å². The van der Waals surface area contributed by atoms with Crippen LogP contribution in [0.4, 0.5) is 5.69 Å². The van der Waals surface area contributed by atoms with Crippen LogP contribution in [-0.4, -0.2) is 27.0 Å². The van der Waals surface area contributed by atoms with Crippen LogP contribution in [0.2, 0.25) is 0 Å². The molecule has 0 heterocycles. The molecule has 1 aromatic rings. The van der Waals surface area contributed by atoms with Crippen molar-refractivity contribution in [3.8, 4) is 0 Å². The molecule has 0 radical (unpaired) electrons. The van der Waals surface area contributed by atoms with Gasteiger partial charge in [0.1, 0.15) is 0 Å². The standard InChI is InChI=1S/C14H20N2O3S/c1-2-10-15-13-4-3-5-14(13)20(19)12-8-6-11(7-9-12)16(17)18/h6-9,13-15H,2-5,10H2,1H3. The van der Waals surface area contributed by atoms with Crippen molar-refractivity contribution < 1.29 is 9.13 Å². The van der Waals surface area contributed by atoms with Crippen LogP contribution in [0.5, 0.6) is 0 Å². The third kappa shape index (κ3) is 3.43. The third-order valence-electron chi connectivity index (χ3n) is 3.66. The molecule has 0 saturated heterocycles. The van der Waals surface area contributed by atoms with E-state index < -0.39 is 15.7 Å². The molecule has 1 saturated carbocycles. The van der Waals surface area contributed by atoms with E-state index in [2.05, 4.69) is 12.2 Å². The van der Waals surface area contributed by atoms with Crippen molar-refractivity contribution in [1.82, 2.24) is 5.32 Å². The average Bonchev–Trinajstić information content (AvgIpc) is 2.92. The lowest BCUT2D eigenvalue weighted by atomic mass is 10.2. The highest BCUT2D eigenvalue weighted by molar-refractivity contribution is 7.85. The zero-order valence-electron chi connectivity index (χ0n) is 11.6. The number of rotatable bonds is 6. The van der Waals surface area contributed by atoms with Crippen LogP contribution < -0.4 is 5.32 Å². The van der Waals surface area contributed by atoms with Gasteiger partial charge in [-0.15, -0.1) is 0 Å². The molecule has 1 fully saturated rings. The molecule has 0 aromatic heterocycles. The minimum Gasteiger partial charge on any atom is -0.313 e. The van der Waals surface area contributed by atoms with Crippen LogP contribution in [0.1, 0.15) is 32.6 Å². The molecule has 1 N–H and O–H groups in total. The van der Waals surface area contributed by atoms with Gasteiger partial charge in [0.05, 0.1) is 21.0 Å². The Morgan fingerprint density at radius 1 is 1.35 bits per heavy atom. The first-order valence-electron chi connectivity index (χ1n) is 7.02. The fourth-order valence-electron chi connectivity index (χ4n) is 2.62. The quantitative estimate of drug-likeness (QED) is 0.647. The van der Waals surface area contributed by atoms with Gasteiger partial charge in [-0.05, 0) is 37.9 Å². The van der Waals surface area contributed by atoms with Crippen molar-refractivity contribution in [2.24, 2.45) is 0 Å². The third-order valence-corrected chi connectivity index (χ3v) is 5.51. The number of benzene rings is 1. The normalized spacial score (nSPS) is 23.6. The topological polar surface area (TPSA) is 72.2 Å². The molecule has 3 atom stereocenters. The van der Waals surface area contributed by atoms with Crippen molar-refractivity contribution in [2.75, 3.05) is 6.54 Å². The summed E-state index contributed by atoms with van der Waals surface area (Å²) in [4.78, 5) is 10.9. The predicted molar refractivity (Wildman–Crippen MR) is 79.2 cm³/mol. The van der Waals surface area contributed by atoms with Gasteiger partial charge in [-0.2, -0.15) is 0 Å². The summed E-state index contributed by atoms with van der Waals surface area (Å²) in [6.45, 7) is 3.06. The number of nitro benzene ring substituents is 1. The average molecular weight is 296 g/mol. The Bertz CT molecular complexity index is 490. The summed E-state index contributed by atoms with van der Waals surface area (Å²) in [5, 5.41) is 14.2. The second-order valence-electron chi connectivity index (χ2n) is 5.08. The molecule has 0 bridgehead atoms. The van der Waals surface area contributed by atoms with E-state index in [1.54, 1.807) is 12.1 Å². The number of nitro groups is 1. The maximum Gasteiger partial charge on any atom is 0.269 e. The smallest absolute Gasteiger partial charge is 0.269 e. The summed E-state index contributed by atoms with van der Waals surface area (Å²) in [5.74, 6) is 0. The van der Waals surface area contributed by atoms with Gasteiger partial charge in [-0.25, -0.2) is 0 Å². The second-order valence-corrected chi connectivity index (χ2v) is 6.75. The fourth-order valence-corrected chi connectivity index (χ4v) is 4.29. The predicted octanol–water partition coefficient (Wildman–Crippen LogP) is 2.62. The second kappa shape index (κ2) is 6.95. The number of nitrogens with one attached hydrogen (secondary N) is 1. The highest BCUT2D eigenvalue weighted by Gasteiger charge is 2.32. The lowest BCUT2D eigenvalue weighted by molar-refractivity contribution is -0.384. The lowest BCUT2D eigenvalue weighted by Crippen LogP contribution is -2.38. The van der Waals surface area contributed by atoms with Gasteiger partial charge in [0.15, 0.2) is 0 Å². The van der Waals surface area contributed by atoms with Crippen molar-refractivity contribution in [2.45, 2.75) is 48.8 Å². The Hall–Kier alpha value is -1.27. The highest BCUT2D eigenvalue weighted by Crippen LogP contribution is 2.28. The molecule has 1 aliphatic carbocycles. The SMILES string of the molecule is CCCNC1CCCC1S(=O)c1ccc([N+](=O)[O-])cc1. The Morgan fingerprint density at radius 3 is 2.65 bits per heavy atom. The first kappa shape index (κ1) is 15.1. The van der Waals surface area contributed by atoms with E-state index >= 15 is 0 Å². The molecule has 6 heteroatoms. The maximum absolute atomic E-state index is 12.6. The van der Waals surface area contributed by atoms with E-state index in [9.17, 15) is 14.3 Å². The van der Waals surface area contributed by atoms with Gasteiger partial charge in [0, 0.05) is 23.1 Å². The van der Waals surface area contributed by atoms with Crippen LogP contribution in [0.25, 0.3) is 0 Å². The fraction of sp³-hybridized carbons (Fsp3) is 0.571. The van der Waals surface area contributed by atoms with Gasteiger partial charge < -0.3 is 5.32 Å². The zero-order valence-corrected chi connectivity index (χ0v) is 12.4. The van der Waals surface area contributed by atoms with E-state index in [1.165, 1.54) is 12.1 Å². The summed E-state index contributed by atoms with van der Waals surface area (Å²) >= 11 is 0. The molecule has 1 aromatic carbocycles. The van der Waals surface area contributed by atoms with Gasteiger partial charge in [-0.1, -0.05) is 13.3 Å². The number of nitrogens with zero attached hydrogens (tertiary/aromatic N) is 1. The van der Waals surface area contributed by atoms with E-state index in [4.69, 9.17) is 0 Å². The summed E-state index contributed by atoms with van der Waals surface area (Å²) in [5.41, 5.74) is 0.0397. The summed E-state index contributed by atoms with van der Waals surface area (Å²) < 4.78 is 12.6. The first-order chi connectivity index (χ1) is 9.63. The molecule has 0 spiro atoms. The van der Waals surface area contributed by atoms with Gasteiger partial charge in [-0.3, -0.25) is 14.3 Å². The van der Waals surface area contributed by atoms with Crippen LogP contribution in [0.3, 0.4) is 0 Å². The molecule has 110 valence electrons. The van der Waals surface area contributed by atoms with Crippen LogP contribution in [0, 0.1) is 10.1 Å². The summed E-state index contributed by atoms with van der Waals surface area (Å²) in [7, 11) is -1.10. The summed E-state index contributed by atoms with van der Waals surface area (Å²) in [6.07, 6.45) is 4.16. The number of hydrogen-bond donors (Lipinski definition) is 1. The lowest BCUT2D eigenvalue weighted by Gasteiger charge is -2.20. The molecule has 0 amide bonds. The van der Waals surface area contributed by atoms with E-state index in [1.807, 2.05) is 0 Å². The number of non-ortho nitro benzene ring substituents is 1. The first-order valence-corrected chi connectivity index (χ1v) is 8.23. The largest absolute Gasteiger partial charge is 0.313 e. The zero-order chi connectivity index (χ0) is 14.5. The van der Waals surface area contributed by atoms with Gasteiger partial charge >= 0.3 is 0 Å². The van der Waals surface area contributed by atoms with Crippen molar-refractivity contribution in [1.29, 1.82) is 0 Å². The molecular weight excluding hydrogens is 276 g/mol. The molecular formula is C14H20N2O3S. The molecule has 0 aliphatic heterocycles. The van der Waals surface area contributed by atoms with E-state index in [-0.39, 0.29) is 10.9 Å². The number of hydrogen-bond acceptors (Lipinski definition) is 4. The van der Waals surface area contributed by atoms with Crippen molar-refractivity contribution >= 4 is 16.5 Å². The van der Waals surface area contributed by atoms with Crippen LogP contribution in [0.15, 0.2) is 29.2 Å². The minimum absolute atomic E-state index is 0.0397. The molecule has 5 nitrogen and oxygen atoms in total. The molecule has 3 unspecified atom stereocenters.